The fraction of sp³-hybridized carbons (Fsp3) is 0.419. The van der Waals surface area contributed by atoms with E-state index < -0.39 is 0 Å². The number of nitrogens with one attached hydrogen (secondary N) is 1. The SMILES string of the molecule is CCCCc1oc2ccc(-c3nn[nH]n3)cc2c1C(=O)c1ccc(/C=C\CN(CCCC)CCCC)cc1. The molecule has 200 valence electrons. The molecular weight excluding hydrogens is 474 g/mol. The zero-order chi connectivity index (χ0) is 26.7. The van der Waals surface area contributed by atoms with E-state index in [2.05, 4.69) is 58.4 Å². The maximum atomic E-state index is 13.8. The topological polar surface area (TPSA) is 87.9 Å². The van der Waals surface area contributed by atoms with Gasteiger partial charge in [-0.3, -0.25) is 9.69 Å². The van der Waals surface area contributed by atoms with Gasteiger partial charge in [0, 0.05) is 29.5 Å². The van der Waals surface area contributed by atoms with Gasteiger partial charge in [0.25, 0.3) is 0 Å². The van der Waals surface area contributed by atoms with Crippen molar-refractivity contribution in [2.24, 2.45) is 0 Å². The molecule has 4 aromatic rings. The van der Waals surface area contributed by atoms with Gasteiger partial charge in [-0.2, -0.15) is 5.21 Å². The third-order valence-corrected chi connectivity index (χ3v) is 6.85. The summed E-state index contributed by atoms with van der Waals surface area (Å²) in [4.78, 5) is 16.3. The molecule has 0 saturated carbocycles. The Kier molecular flexibility index (Phi) is 9.98. The van der Waals surface area contributed by atoms with E-state index in [-0.39, 0.29) is 5.78 Å². The number of aromatic amines is 1. The van der Waals surface area contributed by atoms with Crippen LogP contribution in [0.5, 0.6) is 0 Å². The largest absolute Gasteiger partial charge is 0.460 e. The van der Waals surface area contributed by atoms with Crippen LogP contribution in [-0.4, -0.2) is 50.9 Å². The lowest BCUT2D eigenvalue weighted by Crippen LogP contribution is -2.26. The normalized spacial score (nSPS) is 11.8. The highest BCUT2D eigenvalue weighted by Crippen LogP contribution is 2.32. The Morgan fingerprint density at radius 1 is 0.974 bits per heavy atom. The molecule has 0 unspecified atom stereocenters. The van der Waals surface area contributed by atoms with E-state index in [4.69, 9.17) is 4.42 Å². The van der Waals surface area contributed by atoms with Crippen LogP contribution < -0.4 is 0 Å². The number of carbonyl (C=O) groups is 1. The first-order chi connectivity index (χ1) is 18.6. The highest BCUT2D eigenvalue weighted by Gasteiger charge is 2.22. The molecule has 0 aliphatic rings. The van der Waals surface area contributed by atoms with Crippen LogP contribution in [0.25, 0.3) is 28.4 Å². The summed E-state index contributed by atoms with van der Waals surface area (Å²) in [7, 11) is 0. The Hall–Kier alpha value is -3.58. The molecule has 2 heterocycles. The maximum absolute atomic E-state index is 13.8. The summed E-state index contributed by atoms with van der Waals surface area (Å²) < 4.78 is 6.17. The number of tetrazole rings is 1. The summed E-state index contributed by atoms with van der Waals surface area (Å²) >= 11 is 0. The zero-order valence-electron chi connectivity index (χ0n) is 22.9. The number of aromatic nitrogens is 4. The van der Waals surface area contributed by atoms with Crippen LogP contribution >= 0.6 is 0 Å². The minimum atomic E-state index is -0.0269. The molecule has 38 heavy (non-hydrogen) atoms. The van der Waals surface area contributed by atoms with E-state index >= 15 is 0 Å². The zero-order valence-corrected chi connectivity index (χ0v) is 22.9. The van der Waals surface area contributed by atoms with Gasteiger partial charge in [0.15, 0.2) is 5.78 Å². The summed E-state index contributed by atoms with van der Waals surface area (Å²) in [5.41, 5.74) is 3.86. The van der Waals surface area contributed by atoms with Crippen molar-refractivity contribution >= 4 is 22.8 Å². The summed E-state index contributed by atoms with van der Waals surface area (Å²) in [6.45, 7) is 9.84. The molecule has 0 aliphatic heterocycles. The number of H-pyrrole nitrogens is 1. The van der Waals surface area contributed by atoms with Crippen molar-refractivity contribution in [1.82, 2.24) is 25.5 Å². The van der Waals surface area contributed by atoms with E-state index in [9.17, 15) is 4.79 Å². The van der Waals surface area contributed by atoms with Crippen LogP contribution in [0.4, 0.5) is 0 Å². The standard InChI is InChI=1S/C31H39N5O2/c1-4-7-12-28-29(26-22-25(17-18-27(26)38-28)31-32-34-35-33-31)30(37)24-15-13-23(14-16-24)11-10-21-36(19-8-5-2)20-9-6-3/h10-11,13-18,22H,4-9,12,19-21H2,1-3H3,(H,32,33,34,35)/b11-10-. The minimum Gasteiger partial charge on any atom is -0.460 e. The molecule has 0 aliphatic carbocycles. The van der Waals surface area contributed by atoms with Crippen molar-refractivity contribution in [3.8, 4) is 11.4 Å². The molecule has 0 saturated heterocycles. The van der Waals surface area contributed by atoms with Gasteiger partial charge in [-0.1, -0.05) is 76.5 Å². The fourth-order valence-corrected chi connectivity index (χ4v) is 4.62. The second-order valence-electron chi connectivity index (χ2n) is 9.81. The van der Waals surface area contributed by atoms with Crippen molar-refractivity contribution in [2.45, 2.75) is 65.7 Å². The average Bonchev–Trinajstić information content (AvgIpc) is 3.61. The number of hydrogen-bond donors (Lipinski definition) is 1. The number of furan rings is 1. The Labute approximate surface area is 225 Å². The number of hydrogen-bond acceptors (Lipinski definition) is 6. The molecule has 0 radical (unpaired) electrons. The molecule has 7 nitrogen and oxygen atoms in total. The number of nitrogens with zero attached hydrogens (tertiary/aromatic N) is 4. The predicted octanol–water partition coefficient (Wildman–Crippen LogP) is 7.10. The summed E-state index contributed by atoms with van der Waals surface area (Å²) in [5, 5.41) is 15.1. The van der Waals surface area contributed by atoms with Gasteiger partial charge in [0.2, 0.25) is 5.82 Å². The van der Waals surface area contributed by atoms with Crippen LogP contribution in [0, 0.1) is 0 Å². The van der Waals surface area contributed by atoms with Gasteiger partial charge < -0.3 is 4.42 Å². The highest BCUT2D eigenvalue weighted by molar-refractivity contribution is 6.17. The van der Waals surface area contributed by atoms with E-state index in [1.807, 2.05) is 42.5 Å². The lowest BCUT2D eigenvalue weighted by molar-refractivity contribution is 0.103. The van der Waals surface area contributed by atoms with Crippen LogP contribution in [0.1, 0.15) is 86.5 Å². The first-order valence-electron chi connectivity index (χ1n) is 14.0. The molecule has 1 N–H and O–H groups in total. The maximum Gasteiger partial charge on any atom is 0.204 e. The van der Waals surface area contributed by atoms with Crippen molar-refractivity contribution in [2.75, 3.05) is 19.6 Å². The van der Waals surface area contributed by atoms with Crippen molar-refractivity contribution < 1.29 is 9.21 Å². The van der Waals surface area contributed by atoms with Gasteiger partial charge >= 0.3 is 0 Å². The number of benzene rings is 2. The van der Waals surface area contributed by atoms with Crippen molar-refractivity contribution in [3.63, 3.8) is 0 Å². The first-order valence-corrected chi connectivity index (χ1v) is 14.0. The average molecular weight is 514 g/mol. The number of aryl methyl sites for hydroxylation is 1. The molecule has 0 bridgehead atoms. The molecule has 2 aromatic carbocycles. The summed E-state index contributed by atoms with van der Waals surface area (Å²) in [6.07, 6.45) is 12.0. The van der Waals surface area contributed by atoms with Gasteiger partial charge in [-0.15, -0.1) is 10.2 Å². The number of ketones is 1. The Balaban J connectivity index is 1.55. The molecule has 0 fully saturated rings. The van der Waals surface area contributed by atoms with E-state index in [1.165, 1.54) is 25.7 Å². The van der Waals surface area contributed by atoms with Crippen LogP contribution in [0.15, 0.2) is 53.0 Å². The van der Waals surface area contributed by atoms with Gasteiger partial charge in [0.1, 0.15) is 11.3 Å². The second-order valence-corrected chi connectivity index (χ2v) is 9.81. The smallest absolute Gasteiger partial charge is 0.204 e. The Morgan fingerprint density at radius 3 is 2.37 bits per heavy atom. The van der Waals surface area contributed by atoms with Gasteiger partial charge in [-0.05, 0) is 61.3 Å². The summed E-state index contributed by atoms with van der Waals surface area (Å²) in [6, 6.07) is 13.6. The van der Waals surface area contributed by atoms with Crippen LogP contribution in [-0.2, 0) is 6.42 Å². The predicted molar refractivity (Wildman–Crippen MR) is 153 cm³/mol. The minimum absolute atomic E-state index is 0.0269. The van der Waals surface area contributed by atoms with Gasteiger partial charge in [-0.25, -0.2) is 0 Å². The van der Waals surface area contributed by atoms with Crippen LogP contribution in [0.3, 0.4) is 0 Å². The van der Waals surface area contributed by atoms with E-state index in [0.717, 1.165) is 61.2 Å². The number of rotatable bonds is 15. The van der Waals surface area contributed by atoms with Crippen molar-refractivity contribution in [1.29, 1.82) is 0 Å². The number of unbranched alkanes of at least 4 members (excludes halogenated alkanes) is 3. The Bertz CT molecular complexity index is 1310. The molecule has 7 heteroatoms. The summed E-state index contributed by atoms with van der Waals surface area (Å²) in [5.74, 6) is 1.20. The molecular formula is C31H39N5O2. The highest BCUT2D eigenvalue weighted by atomic mass is 16.3. The van der Waals surface area contributed by atoms with Crippen molar-refractivity contribution in [3.05, 3.63) is 71.0 Å². The quantitative estimate of drug-likeness (QED) is 0.171. The Morgan fingerprint density at radius 2 is 1.71 bits per heavy atom. The second kappa shape index (κ2) is 13.8. The molecule has 4 rings (SSSR count). The lowest BCUT2D eigenvalue weighted by Gasteiger charge is -2.19. The number of carbonyl (C=O) groups excluding carboxylic acids is 1. The molecule has 0 atom stereocenters. The third-order valence-electron chi connectivity index (χ3n) is 6.85. The fourth-order valence-electron chi connectivity index (χ4n) is 4.62. The molecule has 0 spiro atoms. The van der Waals surface area contributed by atoms with Crippen LogP contribution in [0.2, 0.25) is 0 Å². The number of fused-ring (bicyclic) bond motifs is 1. The van der Waals surface area contributed by atoms with Gasteiger partial charge in [0.05, 0.1) is 5.56 Å². The molecule has 0 amide bonds. The third kappa shape index (κ3) is 6.84. The van der Waals surface area contributed by atoms with E-state index in [0.29, 0.717) is 22.5 Å². The first kappa shape index (κ1) is 27.5. The monoisotopic (exact) mass is 513 g/mol. The van der Waals surface area contributed by atoms with E-state index in [1.54, 1.807) is 0 Å². The molecule has 2 aromatic heterocycles. The lowest BCUT2D eigenvalue weighted by atomic mass is 9.96.